The number of nitrogen functional groups attached to an aromatic ring is 5. The number of thiophene rings is 7. The molecule has 18 aromatic rings. The molecular weight excluding hydrogens is 1890 g/mol. The van der Waals surface area contributed by atoms with Crippen LogP contribution in [0.4, 0.5) is 28.4 Å². The number of rotatable bonds is 25. The molecule has 0 saturated carbocycles. The summed E-state index contributed by atoms with van der Waals surface area (Å²) in [7, 11) is -5.84. The zero-order chi connectivity index (χ0) is 89.9. The Balaban J connectivity index is 0.000000129. The third-order valence-electron chi connectivity index (χ3n) is 18.9. The van der Waals surface area contributed by atoms with Crippen molar-refractivity contribution >= 4 is 259 Å². The summed E-state index contributed by atoms with van der Waals surface area (Å²) in [4.78, 5) is 74.6. The number of pyridine rings is 7. The number of aromatic carboxylic acids is 1. The Bertz CT molecular complexity index is 6870. The lowest BCUT2D eigenvalue weighted by Crippen LogP contribution is -2.07. The zero-order valence-electron chi connectivity index (χ0n) is 69.3. The standard InChI is InChI=1S/C19H18N4OS3.C19H17N3OS3.C18H16N4OS3.C17H18N2O3S3.C15H14N2O3S3/c1-2-3-9-27(24)19-16(20)15-13(12-5-4-6-21-11-12)10-14(23-18(15)26-19)17-22-7-8-25-17;1-11(2)26(23)19-16(20)15-13(12-6-4-3-5-7-12)10-14(22-18(15)25-19)17-21-8-9-24-17;1-10(2)26(23)18-15(19)14-12(11-4-3-5-20-9-11)8-13(22-17(14)25-18)16-21-6-7-24-16;1-3-8-25(21)17-14(18)13-10(16(20)22-4-2)9-11(19-15(13)24-17)12-6-5-7-23-12;1-2-6-23(20)15-12(16)11-8(14(18)19)7-9(17-13(11)22-15)10-4-3-5-21-10/h4-8,10-11H,2-3,9,20H2,1H3;3-11H,20H2,1-2H3;3-10H,19H2,1-2H3;5-7,9H,3-4,8,18H2,1-2H3;3-5,7H,2,6,16H2,1H3,(H,18,19). The Morgan fingerprint density at radius 3 is 1.11 bits per heavy atom. The van der Waals surface area contributed by atoms with Crippen molar-refractivity contribution in [2.24, 2.45) is 0 Å². The van der Waals surface area contributed by atoms with Gasteiger partial charge in [0.1, 0.15) is 77.3 Å². The van der Waals surface area contributed by atoms with Crippen LogP contribution in [0.3, 0.4) is 0 Å². The van der Waals surface area contributed by atoms with Crippen LogP contribution < -0.4 is 28.7 Å². The third kappa shape index (κ3) is 20.7. The van der Waals surface area contributed by atoms with E-state index in [4.69, 9.17) is 48.4 Å². The normalized spacial score (nSPS) is 12.6. The van der Waals surface area contributed by atoms with Gasteiger partial charge in [0.05, 0.1) is 132 Å². The first-order valence-electron chi connectivity index (χ1n) is 39.5. The van der Waals surface area contributed by atoms with Crippen molar-refractivity contribution < 1.29 is 40.5 Å². The number of carboxylic acid groups (broad SMARTS) is 1. The fourth-order valence-corrected chi connectivity index (χ4v) is 29.7. The molecule has 0 aliphatic carbocycles. The van der Waals surface area contributed by atoms with Crippen molar-refractivity contribution in [3.63, 3.8) is 0 Å². The molecule has 17 aromatic heterocycles. The molecule has 18 rings (SSSR count). The first-order chi connectivity index (χ1) is 61.4. The number of nitrogens with two attached hydrogens (primary N) is 5. The number of hydrogen-bond donors (Lipinski definition) is 6. The summed E-state index contributed by atoms with van der Waals surface area (Å²) in [6, 6.07) is 34.8. The van der Waals surface area contributed by atoms with Gasteiger partial charge in [0.2, 0.25) is 0 Å². The Kier molecular flexibility index (Phi) is 31.2. The molecule has 0 radical (unpaired) electrons. The molecule has 654 valence electrons. The fourth-order valence-electron chi connectivity index (χ4n) is 13.0. The Morgan fingerprint density at radius 2 is 0.756 bits per heavy atom. The zero-order valence-corrected chi connectivity index (χ0v) is 81.6. The fraction of sp³-hybridized carbons (Fsp3) is 0.205. The predicted octanol–water partition coefficient (Wildman–Crippen LogP) is 22.9. The van der Waals surface area contributed by atoms with Crippen LogP contribution in [0.5, 0.6) is 0 Å². The number of ether oxygens (including phenoxy) is 1. The van der Waals surface area contributed by atoms with Crippen molar-refractivity contribution in [1.82, 2.24) is 49.8 Å². The van der Waals surface area contributed by atoms with Gasteiger partial charge in [0.25, 0.3) is 0 Å². The summed E-state index contributed by atoms with van der Waals surface area (Å²) in [5.41, 5.74) is 44.1. The van der Waals surface area contributed by atoms with Crippen molar-refractivity contribution in [3.8, 4) is 86.6 Å². The lowest BCUT2D eigenvalue weighted by Gasteiger charge is -2.08. The molecule has 0 saturated heterocycles. The topological polar surface area (TPSA) is 408 Å². The lowest BCUT2D eigenvalue weighted by molar-refractivity contribution is 0.0528. The monoisotopic (exact) mass is 1970 g/mol. The highest BCUT2D eigenvalue weighted by Gasteiger charge is 2.30. The van der Waals surface area contributed by atoms with Crippen LogP contribution in [0.1, 0.15) is 102 Å². The van der Waals surface area contributed by atoms with E-state index in [1.165, 1.54) is 85.4 Å². The summed E-state index contributed by atoms with van der Waals surface area (Å²) in [5.74, 6) is 0.146. The van der Waals surface area contributed by atoms with E-state index in [1.807, 2.05) is 160 Å². The van der Waals surface area contributed by atoms with Gasteiger partial charge in [-0.15, -0.1) is 113 Å². The van der Waals surface area contributed by atoms with Gasteiger partial charge in [-0.1, -0.05) is 109 Å². The molecule has 0 bridgehead atoms. The van der Waals surface area contributed by atoms with Crippen molar-refractivity contribution in [3.05, 3.63) is 191 Å². The Hall–Kier alpha value is -9.95. The molecule has 24 nitrogen and oxygen atoms in total. The summed E-state index contributed by atoms with van der Waals surface area (Å²) >= 11 is 14.4. The van der Waals surface area contributed by atoms with Crippen LogP contribution in [-0.4, -0.2) is 122 Å². The van der Waals surface area contributed by atoms with Crippen molar-refractivity contribution in [1.29, 1.82) is 0 Å². The molecule has 127 heavy (non-hydrogen) atoms. The van der Waals surface area contributed by atoms with Crippen molar-refractivity contribution in [2.75, 3.05) is 52.5 Å². The molecule has 0 fully saturated rings. The number of carbonyl (C=O) groups excluding carboxylic acids is 1. The van der Waals surface area contributed by atoms with Gasteiger partial charge in [-0.2, -0.15) is 0 Å². The van der Waals surface area contributed by atoms with E-state index >= 15 is 0 Å². The quantitative estimate of drug-likeness (QED) is 0.0289. The number of thiazole rings is 3. The molecular formula is C88H83N15O9S15. The average Bonchev–Trinajstić information content (AvgIpc) is 1.66. The van der Waals surface area contributed by atoms with Crippen LogP contribution in [0.2, 0.25) is 0 Å². The summed E-state index contributed by atoms with van der Waals surface area (Å²) in [5, 5.41) is 25.2. The maximum absolute atomic E-state index is 12.7. The largest absolute Gasteiger partial charge is 0.478 e. The number of esters is 1. The van der Waals surface area contributed by atoms with Crippen LogP contribution in [0.25, 0.3) is 138 Å². The molecule has 0 spiro atoms. The van der Waals surface area contributed by atoms with Crippen LogP contribution in [-0.2, 0) is 58.7 Å². The SMILES string of the molecule is CC(C)S(=O)c1sc2nc(-c3nccs3)cc(-c3ccccc3)c2c1N.CC(C)S(=O)c1sc2nc(-c3nccs3)cc(-c3cccnc3)c2c1N.CCCCS(=O)c1sc2nc(-c3nccs3)cc(-c3cccnc3)c2c1N.CCCS(=O)c1sc2nc(-c3cccs3)cc(C(=O)O)c2c1N.CCCS(=O)c1sc2nc(-c3cccs3)cc(C(=O)OCC)c2c1N. The lowest BCUT2D eigenvalue weighted by atomic mass is 10.0. The van der Waals surface area contributed by atoms with Crippen LogP contribution in [0, 0.1) is 0 Å². The van der Waals surface area contributed by atoms with Crippen LogP contribution in [0.15, 0.2) is 201 Å². The highest BCUT2D eigenvalue weighted by Crippen LogP contribution is 2.49. The molecule has 0 aliphatic rings. The Labute approximate surface area is 783 Å². The van der Waals surface area contributed by atoms with Gasteiger partial charge >= 0.3 is 11.9 Å². The molecule has 5 unspecified atom stereocenters. The molecule has 39 heteroatoms. The van der Waals surface area contributed by atoms with E-state index in [2.05, 4.69) is 53.9 Å². The number of anilines is 5. The van der Waals surface area contributed by atoms with Crippen molar-refractivity contribution in [2.45, 2.75) is 113 Å². The highest BCUT2D eigenvalue weighted by atomic mass is 32.2. The maximum atomic E-state index is 12.7. The summed E-state index contributed by atoms with van der Waals surface area (Å²) in [6.45, 7) is 15.8. The minimum Gasteiger partial charge on any atom is -0.478 e. The van der Waals surface area contributed by atoms with Gasteiger partial charge < -0.3 is 38.5 Å². The van der Waals surface area contributed by atoms with E-state index in [-0.39, 0.29) is 28.4 Å². The highest BCUT2D eigenvalue weighted by molar-refractivity contribution is 7.89. The van der Waals surface area contributed by atoms with Gasteiger partial charge in [-0.3, -0.25) is 31.0 Å². The average molecular weight is 1980 g/mol. The predicted molar refractivity (Wildman–Crippen MR) is 537 cm³/mol. The van der Waals surface area contributed by atoms with E-state index < -0.39 is 65.9 Å². The molecule has 11 N–H and O–H groups in total. The van der Waals surface area contributed by atoms with E-state index in [0.717, 1.165) is 132 Å². The Morgan fingerprint density at radius 1 is 0.394 bits per heavy atom. The van der Waals surface area contributed by atoms with Gasteiger partial charge in [-0.05, 0) is 114 Å². The molecule has 1 aromatic carbocycles. The molecule has 0 amide bonds. The van der Waals surface area contributed by atoms with E-state index in [0.29, 0.717) is 98.4 Å². The minimum atomic E-state index is -1.23. The van der Waals surface area contributed by atoms with Gasteiger partial charge in [0.15, 0.2) is 0 Å². The number of benzene rings is 1. The summed E-state index contributed by atoms with van der Waals surface area (Å²) in [6.07, 6.45) is 15.9. The smallest absolute Gasteiger partial charge is 0.338 e. The number of aromatic nitrogens is 10. The number of carboxylic acids is 1. The third-order valence-corrected chi connectivity index (χ3v) is 38.4. The number of fused-ring (bicyclic) bond motifs is 5. The maximum Gasteiger partial charge on any atom is 0.338 e. The second-order valence-electron chi connectivity index (χ2n) is 28.2. The first kappa shape index (κ1) is 93.2. The van der Waals surface area contributed by atoms with Crippen LogP contribution >= 0.6 is 113 Å². The molecule has 17 heterocycles. The number of nitrogens with zero attached hydrogens (tertiary/aromatic N) is 10. The van der Waals surface area contributed by atoms with E-state index in [1.54, 1.807) is 84.2 Å². The van der Waals surface area contributed by atoms with Gasteiger partial charge in [0, 0.05) is 115 Å². The minimum absolute atomic E-state index is 0.00368. The summed E-state index contributed by atoms with van der Waals surface area (Å²) < 4.78 is 71.3. The second kappa shape index (κ2) is 42.5. The number of hydrogen-bond acceptors (Lipinski definition) is 33. The number of carbonyl (C=O) groups is 2. The second-order valence-corrected chi connectivity index (χ2v) is 47.5. The van der Waals surface area contributed by atoms with E-state index in [9.17, 15) is 35.7 Å². The molecule has 0 aliphatic heterocycles. The van der Waals surface area contributed by atoms with Gasteiger partial charge in [-0.25, -0.2) is 49.5 Å². The first-order valence-corrected chi connectivity index (χ1v) is 54.4. The number of unbranched alkanes of at least 4 members (excludes halogenated alkanes) is 1. The molecule has 5 atom stereocenters.